The Morgan fingerprint density at radius 3 is 2.94 bits per heavy atom. The summed E-state index contributed by atoms with van der Waals surface area (Å²) in [7, 11) is 0. The Bertz CT molecular complexity index is 439. The Kier molecular flexibility index (Phi) is 4.64. The first-order valence-electron chi connectivity index (χ1n) is 5.96. The van der Waals surface area contributed by atoms with Crippen LogP contribution in [-0.4, -0.2) is 23.1 Å². The van der Waals surface area contributed by atoms with Gasteiger partial charge < -0.3 is 5.32 Å². The third-order valence-corrected chi connectivity index (χ3v) is 3.33. The van der Waals surface area contributed by atoms with Gasteiger partial charge in [0.1, 0.15) is 0 Å². The Balaban J connectivity index is 1.92. The molecule has 0 radical (unpaired) electrons. The van der Waals surface area contributed by atoms with Gasteiger partial charge in [0.2, 0.25) is 0 Å². The maximum atomic E-state index is 4.59. The lowest BCUT2D eigenvalue weighted by atomic mass is 10.3. The molecule has 3 nitrogen and oxygen atoms in total. The van der Waals surface area contributed by atoms with Crippen LogP contribution >= 0.6 is 11.3 Å². The average molecular weight is 247 g/mol. The number of thiazole rings is 1. The number of hydrogen-bond acceptors (Lipinski definition) is 4. The van der Waals surface area contributed by atoms with Crippen molar-refractivity contribution in [3.63, 3.8) is 0 Å². The first kappa shape index (κ1) is 12.2. The van der Waals surface area contributed by atoms with Gasteiger partial charge in [-0.1, -0.05) is 13.0 Å². The van der Waals surface area contributed by atoms with E-state index < -0.39 is 0 Å². The van der Waals surface area contributed by atoms with Crippen LogP contribution in [0.3, 0.4) is 0 Å². The van der Waals surface area contributed by atoms with Crippen molar-refractivity contribution in [2.75, 3.05) is 13.1 Å². The predicted octanol–water partition coefficient (Wildman–Crippen LogP) is 2.75. The first-order valence-corrected chi connectivity index (χ1v) is 6.84. The number of aromatic nitrogens is 2. The number of pyridine rings is 1. The molecule has 0 spiro atoms. The van der Waals surface area contributed by atoms with Crippen molar-refractivity contribution in [2.24, 2.45) is 0 Å². The largest absolute Gasteiger partial charge is 0.316 e. The molecule has 0 amide bonds. The number of nitrogens with one attached hydrogen (secondary N) is 1. The lowest BCUT2D eigenvalue weighted by Gasteiger charge is -1.99. The molecule has 90 valence electrons. The van der Waals surface area contributed by atoms with Crippen LogP contribution in [-0.2, 0) is 6.42 Å². The van der Waals surface area contributed by atoms with Crippen molar-refractivity contribution < 1.29 is 0 Å². The number of nitrogens with zero attached hydrogens (tertiary/aromatic N) is 2. The summed E-state index contributed by atoms with van der Waals surface area (Å²) < 4.78 is 0. The monoisotopic (exact) mass is 247 g/mol. The quantitative estimate of drug-likeness (QED) is 0.798. The highest BCUT2D eigenvalue weighted by molar-refractivity contribution is 7.09. The summed E-state index contributed by atoms with van der Waals surface area (Å²) >= 11 is 1.71. The van der Waals surface area contributed by atoms with E-state index >= 15 is 0 Å². The van der Waals surface area contributed by atoms with Crippen molar-refractivity contribution in [3.05, 3.63) is 34.8 Å². The molecule has 0 atom stereocenters. The minimum atomic E-state index is 0.955. The van der Waals surface area contributed by atoms with E-state index in [4.69, 9.17) is 0 Å². The molecule has 0 saturated carbocycles. The molecule has 0 aromatic carbocycles. The Morgan fingerprint density at radius 2 is 2.18 bits per heavy atom. The normalized spacial score (nSPS) is 10.6. The van der Waals surface area contributed by atoms with E-state index in [0.717, 1.165) is 30.9 Å². The molecule has 2 aromatic rings. The van der Waals surface area contributed by atoms with Crippen LogP contribution in [0.4, 0.5) is 0 Å². The van der Waals surface area contributed by atoms with Crippen molar-refractivity contribution in [2.45, 2.75) is 19.8 Å². The molecule has 2 heterocycles. The summed E-state index contributed by atoms with van der Waals surface area (Å²) in [6.45, 7) is 4.26. The molecule has 0 fully saturated rings. The van der Waals surface area contributed by atoms with Gasteiger partial charge >= 0.3 is 0 Å². The summed E-state index contributed by atoms with van der Waals surface area (Å²) in [6.07, 6.45) is 3.98. The number of hydrogen-bond donors (Lipinski definition) is 1. The molecule has 0 aliphatic rings. The second kappa shape index (κ2) is 6.47. The van der Waals surface area contributed by atoms with E-state index in [1.807, 2.05) is 18.2 Å². The van der Waals surface area contributed by atoms with Gasteiger partial charge in [0.15, 0.2) is 0 Å². The second-order valence-electron chi connectivity index (χ2n) is 3.84. The van der Waals surface area contributed by atoms with Gasteiger partial charge in [0, 0.05) is 24.5 Å². The molecule has 1 N–H and O–H groups in total. The Morgan fingerprint density at radius 1 is 1.24 bits per heavy atom. The van der Waals surface area contributed by atoms with Crippen LogP contribution < -0.4 is 5.32 Å². The zero-order chi connectivity index (χ0) is 11.9. The molecule has 0 aliphatic heterocycles. The third-order valence-electron chi connectivity index (χ3n) is 2.42. The molecule has 0 saturated heterocycles. The Hall–Kier alpha value is -1.26. The topological polar surface area (TPSA) is 37.8 Å². The summed E-state index contributed by atoms with van der Waals surface area (Å²) in [6, 6.07) is 5.91. The second-order valence-corrected chi connectivity index (χ2v) is 4.78. The maximum Gasteiger partial charge on any atom is 0.0998 e. The van der Waals surface area contributed by atoms with E-state index in [2.05, 4.69) is 27.6 Å². The summed E-state index contributed by atoms with van der Waals surface area (Å²) in [5.41, 5.74) is 1.94. The molecule has 0 aliphatic carbocycles. The van der Waals surface area contributed by atoms with Crippen LogP contribution in [0.2, 0.25) is 0 Å². The van der Waals surface area contributed by atoms with Crippen molar-refractivity contribution >= 4 is 11.3 Å². The molecule has 4 heteroatoms. The van der Waals surface area contributed by atoms with Gasteiger partial charge in [-0.15, -0.1) is 11.3 Å². The highest BCUT2D eigenvalue weighted by Gasteiger charge is 2.04. The SMILES string of the molecule is CCCNCCc1nc(-c2ccccn2)cs1. The summed E-state index contributed by atoms with van der Waals surface area (Å²) in [4.78, 5) is 8.89. The zero-order valence-electron chi connectivity index (χ0n) is 10.0. The van der Waals surface area contributed by atoms with E-state index in [-0.39, 0.29) is 0 Å². The molecule has 0 unspecified atom stereocenters. The van der Waals surface area contributed by atoms with Crippen LogP contribution in [0.15, 0.2) is 29.8 Å². The highest BCUT2D eigenvalue weighted by atomic mass is 32.1. The maximum absolute atomic E-state index is 4.59. The van der Waals surface area contributed by atoms with Gasteiger partial charge in [-0.2, -0.15) is 0 Å². The molecular weight excluding hydrogens is 230 g/mol. The lowest BCUT2D eigenvalue weighted by Crippen LogP contribution is -2.17. The van der Waals surface area contributed by atoms with Crippen LogP contribution in [0.25, 0.3) is 11.4 Å². The van der Waals surface area contributed by atoms with Gasteiger partial charge in [0.05, 0.1) is 16.4 Å². The zero-order valence-corrected chi connectivity index (χ0v) is 10.8. The molecule has 0 bridgehead atoms. The van der Waals surface area contributed by atoms with Gasteiger partial charge in [0.25, 0.3) is 0 Å². The standard InChI is InChI=1S/C13H17N3S/c1-2-7-14-9-6-13-16-12(10-17-13)11-5-3-4-8-15-11/h3-5,8,10,14H,2,6-7,9H2,1H3. The lowest BCUT2D eigenvalue weighted by molar-refractivity contribution is 0.670. The van der Waals surface area contributed by atoms with Gasteiger partial charge in [-0.05, 0) is 25.1 Å². The fourth-order valence-electron chi connectivity index (χ4n) is 1.55. The van der Waals surface area contributed by atoms with Gasteiger partial charge in [-0.25, -0.2) is 4.98 Å². The van der Waals surface area contributed by atoms with Crippen molar-refractivity contribution in [3.8, 4) is 11.4 Å². The minimum absolute atomic E-state index is 0.955. The van der Waals surface area contributed by atoms with Crippen LogP contribution in [0.1, 0.15) is 18.4 Å². The highest BCUT2D eigenvalue weighted by Crippen LogP contribution is 2.19. The predicted molar refractivity (Wildman–Crippen MR) is 72.2 cm³/mol. The minimum Gasteiger partial charge on any atom is -0.316 e. The molecular formula is C13H17N3S. The molecule has 2 aromatic heterocycles. The van der Waals surface area contributed by atoms with Crippen molar-refractivity contribution in [1.82, 2.24) is 15.3 Å². The smallest absolute Gasteiger partial charge is 0.0998 e. The number of rotatable bonds is 6. The van der Waals surface area contributed by atoms with Gasteiger partial charge in [-0.3, -0.25) is 4.98 Å². The Labute approximate surface area is 106 Å². The van der Waals surface area contributed by atoms with E-state index in [9.17, 15) is 0 Å². The molecule has 17 heavy (non-hydrogen) atoms. The first-order chi connectivity index (χ1) is 8.40. The van der Waals surface area contributed by atoms with E-state index in [0.29, 0.717) is 0 Å². The van der Waals surface area contributed by atoms with E-state index in [1.165, 1.54) is 11.4 Å². The van der Waals surface area contributed by atoms with Crippen molar-refractivity contribution in [1.29, 1.82) is 0 Å². The van der Waals surface area contributed by atoms with E-state index in [1.54, 1.807) is 17.5 Å². The van der Waals surface area contributed by atoms with Crippen LogP contribution in [0.5, 0.6) is 0 Å². The third kappa shape index (κ3) is 3.61. The van der Waals surface area contributed by atoms with Crippen LogP contribution in [0, 0.1) is 0 Å². The summed E-state index contributed by atoms with van der Waals surface area (Å²) in [5, 5.41) is 6.64. The molecule has 2 rings (SSSR count). The average Bonchev–Trinajstić information content (AvgIpc) is 2.85. The fraction of sp³-hybridized carbons (Fsp3) is 0.385. The summed E-state index contributed by atoms with van der Waals surface area (Å²) in [5.74, 6) is 0. The fourth-order valence-corrected chi connectivity index (χ4v) is 2.35.